The molecule has 1 amide bonds. The quantitative estimate of drug-likeness (QED) is 0.699. The maximum Gasteiger partial charge on any atom is 0.287 e. The van der Waals surface area contributed by atoms with Gasteiger partial charge in [-0.25, -0.2) is 4.39 Å². The molecule has 0 spiro atoms. The first-order chi connectivity index (χ1) is 12.1. The fraction of sp³-hybridized carbons (Fsp3) is 0.150. The van der Waals surface area contributed by atoms with Gasteiger partial charge in [0.15, 0.2) is 6.04 Å². The second-order valence-corrected chi connectivity index (χ2v) is 6.97. The van der Waals surface area contributed by atoms with Gasteiger partial charge in [0.2, 0.25) is 0 Å². The number of nitrogens with one attached hydrogen (secondary N) is 2. The van der Waals surface area contributed by atoms with Crippen molar-refractivity contribution < 1.29 is 14.1 Å². The van der Waals surface area contributed by atoms with E-state index in [1.807, 2.05) is 48.8 Å². The molecule has 1 aromatic heterocycles. The van der Waals surface area contributed by atoms with Crippen LogP contribution in [0.2, 0.25) is 0 Å². The fourth-order valence-electron chi connectivity index (χ4n) is 2.84. The van der Waals surface area contributed by atoms with E-state index in [0.717, 1.165) is 17.0 Å². The van der Waals surface area contributed by atoms with Gasteiger partial charge in [0.05, 0.1) is 11.9 Å². The molecule has 0 aliphatic heterocycles. The maximum atomic E-state index is 13.1. The molecule has 5 heteroatoms. The number of rotatable bonds is 6. The van der Waals surface area contributed by atoms with Crippen LogP contribution in [0.15, 0.2) is 72.1 Å². The van der Waals surface area contributed by atoms with E-state index in [1.165, 1.54) is 17.0 Å². The van der Waals surface area contributed by atoms with Crippen LogP contribution in [0.3, 0.4) is 0 Å². The summed E-state index contributed by atoms with van der Waals surface area (Å²) in [7, 11) is 2.02. The van der Waals surface area contributed by atoms with Crippen LogP contribution in [0.4, 0.5) is 10.1 Å². The number of benzene rings is 2. The average molecular weight is 355 g/mol. The Labute approximate surface area is 150 Å². The summed E-state index contributed by atoms with van der Waals surface area (Å²) in [5.74, 6) is -0.426. The van der Waals surface area contributed by atoms with Gasteiger partial charge in [-0.1, -0.05) is 36.4 Å². The minimum atomic E-state index is -0.353. The summed E-state index contributed by atoms with van der Waals surface area (Å²) in [6.07, 6.45) is 0. The third-order valence-electron chi connectivity index (χ3n) is 4.03. The number of hydrogen-bond donors (Lipinski definition) is 2. The van der Waals surface area contributed by atoms with Crippen LogP contribution in [-0.2, 0) is 11.3 Å². The summed E-state index contributed by atoms with van der Waals surface area (Å²) >= 11 is 1.69. The van der Waals surface area contributed by atoms with E-state index in [0.29, 0.717) is 5.69 Å². The molecule has 0 aliphatic rings. The first kappa shape index (κ1) is 17.3. The molecule has 25 heavy (non-hydrogen) atoms. The summed E-state index contributed by atoms with van der Waals surface area (Å²) in [5, 5.41) is 4.95. The Morgan fingerprint density at radius 2 is 1.80 bits per heavy atom. The lowest BCUT2D eigenvalue weighted by Crippen LogP contribution is -3.09. The van der Waals surface area contributed by atoms with Gasteiger partial charge in [0, 0.05) is 11.3 Å². The lowest BCUT2D eigenvalue weighted by Gasteiger charge is -2.24. The highest BCUT2D eigenvalue weighted by molar-refractivity contribution is 7.09. The molecule has 2 atom stereocenters. The summed E-state index contributed by atoms with van der Waals surface area (Å²) in [6.45, 7) is 0.758. The van der Waals surface area contributed by atoms with E-state index in [4.69, 9.17) is 0 Å². The topological polar surface area (TPSA) is 33.5 Å². The van der Waals surface area contributed by atoms with Crippen molar-refractivity contribution in [3.05, 3.63) is 88.4 Å². The number of hydrogen-bond acceptors (Lipinski definition) is 2. The zero-order valence-corrected chi connectivity index (χ0v) is 14.7. The molecule has 0 saturated carbocycles. The molecule has 2 N–H and O–H groups in total. The number of amides is 1. The van der Waals surface area contributed by atoms with Crippen LogP contribution >= 0.6 is 11.3 Å². The molecule has 128 valence electrons. The van der Waals surface area contributed by atoms with Crippen molar-refractivity contribution in [3.8, 4) is 0 Å². The van der Waals surface area contributed by atoms with Crippen LogP contribution in [-0.4, -0.2) is 13.0 Å². The average Bonchev–Trinajstić information content (AvgIpc) is 3.11. The Morgan fingerprint density at radius 3 is 2.44 bits per heavy atom. The molecule has 0 fully saturated rings. The van der Waals surface area contributed by atoms with Crippen molar-refractivity contribution in [1.29, 1.82) is 0 Å². The van der Waals surface area contributed by atoms with Crippen molar-refractivity contribution in [2.45, 2.75) is 12.6 Å². The lowest BCUT2D eigenvalue weighted by molar-refractivity contribution is -0.915. The van der Waals surface area contributed by atoms with Gasteiger partial charge in [-0.15, -0.1) is 11.3 Å². The van der Waals surface area contributed by atoms with Crippen LogP contribution in [0.5, 0.6) is 0 Å². The summed E-state index contributed by atoms with van der Waals surface area (Å²) < 4.78 is 13.1. The van der Waals surface area contributed by atoms with E-state index in [9.17, 15) is 9.18 Å². The molecule has 3 nitrogen and oxygen atoms in total. The van der Waals surface area contributed by atoms with Crippen molar-refractivity contribution in [2.24, 2.45) is 0 Å². The molecule has 0 radical (unpaired) electrons. The Bertz CT molecular complexity index is 803. The first-order valence-electron chi connectivity index (χ1n) is 8.09. The van der Waals surface area contributed by atoms with E-state index in [-0.39, 0.29) is 17.8 Å². The van der Waals surface area contributed by atoms with Gasteiger partial charge in [-0.2, -0.15) is 0 Å². The van der Waals surface area contributed by atoms with E-state index in [2.05, 4.69) is 11.4 Å². The van der Waals surface area contributed by atoms with Gasteiger partial charge >= 0.3 is 0 Å². The van der Waals surface area contributed by atoms with E-state index < -0.39 is 0 Å². The predicted molar refractivity (Wildman–Crippen MR) is 99.1 cm³/mol. The normalized spacial score (nSPS) is 13.2. The highest BCUT2D eigenvalue weighted by Crippen LogP contribution is 2.15. The minimum Gasteiger partial charge on any atom is -0.321 e. The van der Waals surface area contributed by atoms with Crippen molar-refractivity contribution in [1.82, 2.24) is 0 Å². The first-order valence-corrected chi connectivity index (χ1v) is 8.97. The molecule has 1 unspecified atom stereocenters. The molecule has 0 bridgehead atoms. The Kier molecular flexibility index (Phi) is 5.58. The van der Waals surface area contributed by atoms with Gasteiger partial charge < -0.3 is 10.2 Å². The SMILES string of the molecule is C[NH+](Cc1cccs1)[C@@H](C(=O)Nc1ccc(F)cc1)c1ccccc1. The predicted octanol–water partition coefficient (Wildman–Crippen LogP) is 3.28. The Hall–Kier alpha value is -2.50. The third-order valence-corrected chi connectivity index (χ3v) is 4.91. The summed E-state index contributed by atoms with van der Waals surface area (Å²) in [5.41, 5.74) is 1.55. The van der Waals surface area contributed by atoms with E-state index in [1.54, 1.807) is 23.5 Å². The van der Waals surface area contributed by atoms with Gasteiger partial charge in [0.1, 0.15) is 12.4 Å². The van der Waals surface area contributed by atoms with Crippen molar-refractivity contribution in [3.63, 3.8) is 0 Å². The summed E-state index contributed by atoms with van der Waals surface area (Å²) in [6, 6.07) is 19.3. The molecule has 3 aromatic rings. The molecular weight excluding hydrogens is 335 g/mol. The standard InChI is InChI=1S/C20H19FN2OS/c1-23(14-18-8-5-13-25-18)19(15-6-3-2-4-7-15)20(24)22-17-11-9-16(21)10-12-17/h2-13,19H,14H2,1H3,(H,22,24)/p+1/t19-/m1/s1. The Morgan fingerprint density at radius 1 is 1.08 bits per heavy atom. The number of likely N-dealkylation sites (N-methyl/N-ethyl adjacent to an activating group) is 1. The minimum absolute atomic E-state index is 0.105. The van der Waals surface area contributed by atoms with Crippen LogP contribution in [0, 0.1) is 5.82 Å². The maximum absolute atomic E-state index is 13.1. The second-order valence-electron chi connectivity index (χ2n) is 5.94. The lowest BCUT2D eigenvalue weighted by atomic mass is 10.0. The molecule has 1 heterocycles. The number of anilines is 1. The number of halogens is 1. The zero-order valence-electron chi connectivity index (χ0n) is 13.9. The number of thiophene rings is 1. The highest BCUT2D eigenvalue weighted by Gasteiger charge is 2.29. The van der Waals surface area contributed by atoms with E-state index >= 15 is 0 Å². The van der Waals surface area contributed by atoms with Gasteiger partial charge in [-0.3, -0.25) is 4.79 Å². The smallest absolute Gasteiger partial charge is 0.287 e. The van der Waals surface area contributed by atoms with Crippen LogP contribution < -0.4 is 10.2 Å². The second kappa shape index (κ2) is 8.05. The number of carbonyl (C=O) groups excluding carboxylic acids is 1. The van der Waals surface area contributed by atoms with Crippen molar-refractivity contribution in [2.75, 3.05) is 12.4 Å². The summed E-state index contributed by atoms with van der Waals surface area (Å²) in [4.78, 5) is 15.3. The molecular formula is C20H20FN2OS+. The Balaban J connectivity index is 1.82. The fourth-order valence-corrected chi connectivity index (χ4v) is 3.64. The zero-order chi connectivity index (χ0) is 17.6. The molecule has 0 saturated heterocycles. The third kappa shape index (κ3) is 4.53. The number of carbonyl (C=O) groups is 1. The monoisotopic (exact) mass is 355 g/mol. The molecule has 2 aromatic carbocycles. The van der Waals surface area contributed by atoms with Crippen molar-refractivity contribution >= 4 is 22.9 Å². The largest absolute Gasteiger partial charge is 0.321 e. The van der Waals surface area contributed by atoms with Gasteiger partial charge in [0.25, 0.3) is 5.91 Å². The highest BCUT2D eigenvalue weighted by atomic mass is 32.1. The van der Waals surface area contributed by atoms with Crippen LogP contribution in [0.25, 0.3) is 0 Å². The van der Waals surface area contributed by atoms with Gasteiger partial charge in [-0.05, 0) is 35.7 Å². The molecule has 0 aliphatic carbocycles. The van der Waals surface area contributed by atoms with Crippen LogP contribution in [0.1, 0.15) is 16.5 Å². The number of quaternary nitrogens is 1. The molecule has 3 rings (SSSR count).